The van der Waals surface area contributed by atoms with Crippen molar-refractivity contribution < 1.29 is 4.79 Å². The van der Waals surface area contributed by atoms with Crippen LogP contribution in [0.1, 0.15) is 15.9 Å². The van der Waals surface area contributed by atoms with Crippen LogP contribution in [-0.2, 0) is 0 Å². The summed E-state index contributed by atoms with van der Waals surface area (Å²) in [5.74, 6) is -0.0401. The van der Waals surface area contributed by atoms with Crippen molar-refractivity contribution in [3.63, 3.8) is 0 Å². The van der Waals surface area contributed by atoms with Gasteiger partial charge in [0.2, 0.25) is 0 Å². The standard InChI is InChI=1S/C15H10Cl2O/c16-13-8-6-11(10-14(13)17)7-9-15(18)12-4-2-1-3-5-12/h1-10H/b9-7+. The minimum Gasteiger partial charge on any atom is -0.289 e. The number of benzene rings is 2. The van der Waals surface area contributed by atoms with E-state index in [1.807, 2.05) is 24.3 Å². The van der Waals surface area contributed by atoms with Gasteiger partial charge in [-0.15, -0.1) is 0 Å². The predicted octanol–water partition coefficient (Wildman–Crippen LogP) is 4.89. The summed E-state index contributed by atoms with van der Waals surface area (Å²) < 4.78 is 0. The first-order valence-electron chi connectivity index (χ1n) is 5.39. The summed E-state index contributed by atoms with van der Waals surface area (Å²) in [7, 11) is 0. The summed E-state index contributed by atoms with van der Waals surface area (Å²) in [6.45, 7) is 0. The predicted molar refractivity (Wildman–Crippen MR) is 76.3 cm³/mol. The van der Waals surface area contributed by atoms with Gasteiger partial charge in [0, 0.05) is 5.56 Å². The molecule has 0 aliphatic rings. The molecule has 0 unspecified atom stereocenters. The molecule has 2 aromatic carbocycles. The van der Waals surface area contributed by atoms with Crippen LogP contribution in [0.4, 0.5) is 0 Å². The molecule has 2 aromatic rings. The number of rotatable bonds is 3. The van der Waals surface area contributed by atoms with Gasteiger partial charge in [-0.2, -0.15) is 0 Å². The van der Waals surface area contributed by atoms with Crippen LogP contribution in [0.5, 0.6) is 0 Å². The molecule has 90 valence electrons. The fraction of sp³-hybridized carbons (Fsp3) is 0. The summed E-state index contributed by atoms with van der Waals surface area (Å²) in [4.78, 5) is 11.8. The summed E-state index contributed by atoms with van der Waals surface area (Å²) in [6.07, 6.45) is 3.24. The Kier molecular flexibility index (Phi) is 4.19. The molecular formula is C15H10Cl2O. The van der Waals surface area contributed by atoms with Gasteiger partial charge in [-0.1, -0.05) is 65.7 Å². The normalized spacial score (nSPS) is 10.8. The van der Waals surface area contributed by atoms with Crippen molar-refractivity contribution in [3.8, 4) is 0 Å². The zero-order valence-electron chi connectivity index (χ0n) is 9.44. The molecule has 0 atom stereocenters. The van der Waals surface area contributed by atoms with Crippen LogP contribution in [0.3, 0.4) is 0 Å². The number of halogens is 2. The number of hydrogen-bond donors (Lipinski definition) is 0. The number of ketones is 1. The Hall–Kier alpha value is -1.57. The Balaban J connectivity index is 2.16. The molecule has 18 heavy (non-hydrogen) atoms. The van der Waals surface area contributed by atoms with Crippen LogP contribution in [0.2, 0.25) is 10.0 Å². The minimum atomic E-state index is -0.0401. The van der Waals surface area contributed by atoms with Crippen LogP contribution < -0.4 is 0 Å². The van der Waals surface area contributed by atoms with Crippen LogP contribution in [0.25, 0.3) is 6.08 Å². The van der Waals surface area contributed by atoms with Gasteiger partial charge in [-0.05, 0) is 23.8 Å². The molecule has 0 aromatic heterocycles. The van der Waals surface area contributed by atoms with Gasteiger partial charge in [-0.3, -0.25) is 4.79 Å². The molecule has 0 aliphatic heterocycles. The fourth-order valence-electron chi connectivity index (χ4n) is 1.49. The third-order valence-corrected chi connectivity index (χ3v) is 3.17. The largest absolute Gasteiger partial charge is 0.289 e. The zero-order chi connectivity index (χ0) is 13.0. The van der Waals surface area contributed by atoms with E-state index in [4.69, 9.17) is 23.2 Å². The second-order valence-corrected chi connectivity index (χ2v) is 4.55. The average molecular weight is 277 g/mol. The van der Waals surface area contributed by atoms with Gasteiger partial charge in [0.15, 0.2) is 5.78 Å². The molecule has 2 rings (SSSR count). The molecule has 0 amide bonds. The maximum Gasteiger partial charge on any atom is 0.185 e. The lowest BCUT2D eigenvalue weighted by Crippen LogP contribution is -1.92. The lowest BCUT2D eigenvalue weighted by Gasteiger charge is -1.98. The first-order chi connectivity index (χ1) is 8.66. The van der Waals surface area contributed by atoms with E-state index in [0.29, 0.717) is 15.6 Å². The Morgan fingerprint density at radius 2 is 1.67 bits per heavy atom. The average Bonchev–Trinajstić information content (AvgIpc) is 2.41. The van der Waals surface area contributed by atoms with E-state index in [1.54, 1.807) is 30.3 Å². The highest BCUT2D eigenvalue weighted by Crippen LogP contribution is 2.23. The molecule has 0 saturated carbocycles. The first kappa shape index (κ1) is 12.9. The van der Waals surface area contributed by atoms with Gasteiger partial charge in [0.25, 0.3) is 0 Å². The van der Waals surface area contributed by atoms with Crippen molar-refractivity contribution >= 4 is 35.1 Å². The Bertz CT molecular complexity index is 589. The van der Waals surface area contributed by atoms with Crippen LogP contribution in [0, 0.1) is 0 Å². The molecule has 0 radical (unpaired) electrons. The summed E-state index contributed by atoms with van der Waals surface area (Å²) >= 11 is 11.7. The fourth-order valence-corrected chi connectivity index (χ4v) is 1.79. The molecule has 0 aliphatic carbocycles. The smallest absolute Gasteiger partial charge is 0.185 e. The van der Waals surface area contributed by atoms with E-state index in [0.717, 1.165) is 5.56 Å². The number of hydrogen-bond acceptors (Lipinski definition) is 1. The highest BCUT2D eigenvalue weighted by molar-refractivity contribution is 6.42. The van der Waals surface area contributed by atoms with E-state index < -0.39 is 0 Å². The molecular weight excluding hydrogens is 267 g/mol. The van der Waals surface area contributed by atoms with Crippen molar-refractivity contribution in [1.29, 1.82) is 0 Å². The van der Waals surface area contributed by atoms with E-state index in [2.05, 4.69) is 0 Å². The number of carbonyl (C=O) groups is 1. The highest BCUT2D eigenvalue weighted by atomic mass is 35.5. The van der Waals surface area contributed by atoms with E-state index in [-0.39, 0.29) is 5.78 Å². The second kappa shape index (κ2) is 5.85. The molecule has 0 heterocycles. The summed E-state index contributed by atoms with van der Waals surface area (Å²) in [5, 5.41) is 0.981. The van der Waals surface area contributed by atoms with Crippen molar-refractivity contribution in [2.24, 2.45) is 0 Å². The lowest BCUT2D eigenvalue weighted by molar-refractivity contribution is 0.104. The monoisotopic (exact) mass is 276 g/mol. The molecule has 0 saturated heterocycles. The van der Waals surface area contributed by atoms with E-state index >= 15 is 0 Å². The van der Waals surface area contributed by atoms with Gasteiger partial charge in [0.1, 0.15) is 0 Å². The summed E-state index contributed by atoms with van der Waals surface area (Å²) in [5.41, 5.74) is 1.50. The Morgan fingerprint density at radius 1 is 0.944 bits per heavy atom. The van der Waals surface area contributed by atoms with Gasteiger partial charge in [-0.25, -0.2) is 0 Å². The number of allylic oxidation sites excluding steroid dienone is 1. The molecule has 3 heteroatoms. The third-order valence-electron chi connectivity index (χ3n) is 2.43. The first-order valence-corrected chi connectivity index (χ1v) is 6.15. The topological polar surface area (TPSA) is 17.1 Å². The lowest BCUT2D eigenvalue weighted by atomic mass is 10.1. The van der Waals surface area contributed by atoms with E-state index in [9.17, 15) is 4.79 Å². The Labute approximate surface area is 116 Å². The maximum atomic E-state index is 11.8. The quantitative estimate of drug-likeness (QED) is 0.576. The second-order valence-electron chi connectivity index (χ2n) is 3.74. The SMILES string of the molecule is O=C(/C=C/c1ccc(Cl)c(Cl)c1)c1ccccc1. The van der Waals surface area contributed by atoms with Crippen molar-refractivity contribution in [1.82, 2.24) is 0 Å². The minimum absolute atomic E-state index is 0.0401. The highest BCUT2D eigenvalue weighted by Gasteiger charge is 2.00. The third kappa shape index (κ3) is 3.22. The zero-order valence-corrected chi connectivity index (χ0v) is 10.9. The van der Waals surface area contributed by atoms with Crippen LogP contribution >= 0.6 is 23.2 Å². The molecule has 0 fully saturated rings. The van der Waals surface area contributed by atoms with Crippen molar-refractivity contribution in [3.05, 3.63) is 75.8 Å². The molecule has 0 N–H and O–H groups in total. The van der Waals surface area contributed by atoms with Crippen molar-refractivity contribution in [2.75, 3.05) is 0 Å². The van der Waals surface area contributed by atoms with E-state index in [1.165, 1.54) is 6.08 Å². The molecule has 1 nitrogen and oxygen atoms in total. The van der Waals surface area contributed by atoms with Crippen LogP contribution in [-0.4, -0.2) is 5.78 Å². The van der Waals surface area contributed by atoms with Gasteiger partial charge < -0.3 is 0 Å². The van der Waals surface area contributed by atoms with Crippen LogP contribution in [0.15, 0.2) is 54.6 Å². The van der Waals surface area contributed by atoms with Crippen molar-refractivity contribution in [2.45, 2.75) is 0 Å². The number of carbonyl (C=O) groups excluding carboxylic acids is 1. The van der Waals surface area contributed by atoms with Gasteiger partial charge >= 0.3 is 0 Å². The molecule has 0 spiro atoms. The summed E-state index contributed by atoms with van der Waals surface area (Å²) in [6, 6.07) is 14.3. The maximum absolute atomic E-state index is 11.8. The molecule has 0 bridgehead atoms. The Morgan fingerprint density at radius 3 is 2.33 bits per heavy atom. The van der Waals surface area contributed by atoms with Gasteiger partial charge in [0.05, 0.1) is 10.0 Å².